The predicted molar refractivity (Wildman–Crippen MR) is 114 cm³/mol. The molecule has 0 unspecified atom stereocenters. The van der Waals surface area contributed by atoms with Crippen LogP contribution in [0.2, 0.25) is 0 Å². The van der Waals surface area contributed by atoms with Gasteiger partial charge in [-0.2, -0.15) is 11.8 Å². The summed E-state index contributed by atoms with van der Waals surface area (Å²) in [7, 11) is 0. The smallest absolute Gasteiger partial charge is 0.315 e. The van der Waals surface area contributed by atoms with Crippen LogP contribution in [0.4, 0.5) is 4.79 Å². The van der Waals surface area contributed by atoms with Crippen molar-refractivity contribution in [1.82, 2.24) is 15.5 Å². The summed E-state index contributed by atoms with van der Waals surface area (Å²) in [5.41, 5.74) is 3.80. The summed E-state index contributed by atoms with van der Waals surface area (Å²) in [5, 5.41) is 5.85. The molecule has 2 aromatic carbocycles. The van der Waals surface area contributed by atoms with Crippen molar-refractivity contribution in [2.24, 2.45) is 0 Å². The van der Waals surface area contributed by atoms with E-state index in [9.17, 15) is 4.79 Å². The van der Waals surface area contributed by atoms with E-state index in [2.05, 4.69) is 64.1 Å². The van der Waals surface area contributed by atoms with Crippen molar-refractivity contribution in [2.45, 2.75) is 31.7 Å². The Morgan fingerprint density at radius 1 is 0.889 bits per heavy atom. The molecule has 2 aromatic rings. The van der Waals surface area contributed by atoms with Crippen LogP contribution in [0.5, 0.6) is 0 Å². The van der Waals surface area contributed by atoms with Gasteiger partial charge in [-0.3, -0.25) is 4.90 Å². The number of nitrogens with one attached hydrogen (secondary N) is 2. The Morgan fingerprint density at radius 2 is 1.59 bits per heavy atom. The molecule has 5 heteroatoms. The summed E-state index contributed by atoms with van der Waals surface area (Å²) < 4.78 is 0. The molecule has 0 atom stereocenters. The van der Waals surface area contributed by atoms with E-state index in [4.69, 9.17) is 0 Å². The zero-order chi connectivity index (χ0) is 18.7. The van der Waals surface area contributed by atoms with Gasteiger partial charge in [0.15, 0.2) is 0 Å². The lowest BCUT2D eigenvalue weighted by atomic mass is 10.1. The van der Waals surface area contributed by atoms with Crippen LogP contribution in [0, 0.1) is 0 Å². The van der Waals surface area contributed by atoms with Crippen LogP contribution in [0.25, 0.3) is 0 Å². The molecule has 0 saturated carbocycles. The summed E-state index contributed by atoms with van der Waals surface area (Å²) in [6.07, 6.45) is 2.64. The van der Waals surface area contributed by atoms with Gasteiger partial charge in [-0.25, -0.2) is 4.79 Å². The zero-order valence-electron chi connectivity index (χ0n) is 15.8. The Balaban J connectivity index is 1.27. The predicted octanol–water partition coefficient (Wildman–Crippen LogP) is 4.02. The highest BCUT2D eigenvalue weighted by Crippen LogP contribution is 2.13. The number of benzene rings is 2. The van der Waals surface area contributed by atoms with Gasteiger partial charge in [-0.05, 0) is 42.6 Å². The van der Waals surface area contributed by atoms with Crippen LogP contribution >= 0.6 is 11.8 Å². The second-order valence-corrected chi connectivity index (χ2v) is 8.05. The first-order valence-corrected chi connectivity index (χ1v) is 10.9. The van der Waals surface area contributed by atoms with Crippen LogP contribution in [0.3, 0.4) is 0 Å². The summed E-state index contributed by atoms with van der Waals surface area (Å²) in [6, 6.07) is 18.9. The highest BCUT2D eigenvalue weighted by atomic mass is 32.2. The average Bonchev–Trinajstić information content (AvgIpc) is 3.21. The van der Waals surface area contributed by atoms with Crippen molar-refractivity contribution in [3.63, 3.8) is 0 Å². The molecule has 0 spiro atoms. The Bertz CT molecular complexity index is 684. The van der Waals surface area contributed by atoms with Gasteiger partial charge >= 0.3 is 6.03 Å². The zero-order valence-corrected chi connectivity index (χ0v) is 16.6. The molecule has 2 N–H and O–H groups in total. The number of hydrogen-bond donors (Lipinski definition) is 2. The van der Waals surface area contributed by atoms with Gasteiger partial charge < -0.3 is 10.6 Å². The maximum atomic E-state index is 11.9. The molecule has 27 heavy (non-hydrogen) atoms. The van der Waals surface area contributed by atoms with E-state index in [0.717, 1.165) is 23.6 Å². The number of hydrogen-bond acceptors (Lipinski definition) is 3. The molecular formula is C22H29N3OS. The number of thioether (sulfide) groups is 1. The maximum absolute atomic E-state index is 11.9. The molecule has 1 fully saturated rings. The molecule has 0 radical (unpaired) electrons. The minimum Gasteiger partial charge on any atom is -0.337 e. The quantitative estimate of drug-likeness (QED) is 0.643. The SMILES string of the molecule is O=C(NCCSCc1ccccc1)NCc1ccc(CN2CCCC2)cc1. The van der Waals surface area contributed by atoms with E-state index >= 15 is 0 Å². The van der Waals surface area contributed by atoms with Gasteiger partial charge in [0, 0.05) is 31.1 Å². The van der Waals surface area contributed by atoms with Crippen molar-refractivity contribution >= 4 is 17.8 Å². The molecule has 0 aromatic heterocycles. The van der Waals surface area contributed by atoms with E-state index < -0.39 is 0 Å². The topological polar surface area (TPSA) is 44.4 Å². The van der Waals surface area contributed by atoms with E-state index in [1.165, 1.54) is 37.1 Å². The molecule has 4 nitrogen and oxygen atoms in total. The van der Waals surface area contributed by atoms with E-state index in [-0.39, 0.29) is 6.03 Å². The van der Waals surface area contributed by atoms with Gasteiger partial charge in [0.2, 0.25) is 0 Å². The maximum Gasteiger partial charge on any atom is 0.315 e. The highest BCUT2D eigenvalue weighted by Gasteiger charge is 2.11. The fourth-order valence-electron chi connectivity index (χ4n) is 3.21. The third-order valence-corrected chi connectivity index (χ3v) is 5.75. The molecule has 1 aliphatic rings. The minimum absolute atomic E-state index is 0.101. The molecule has 144 valence electrons. The summed E-state index contributed by atoms with van der Waals surface area (Å²) >= 11 is 1.83. The summed E-state index contributed by atoms with van der Waals surface area (Å²) in [5.74, 6) is 1.89. The van der Waals surface area contributed by atoms with Gasteiger partial charge in [-0.15, -0.1) is 0 Å². The first-order valence-electron chi connectivity index (χ1n) is 9.73. The fraction of sp³-hybridized carbons (Fsp3) is 0.409. The lowest BCUT2D eigenvalue weighted by Gasteiger charge is -2.14. The van der Waals surface area contributed by atoms with Gasteiger partial charge in [-0.1, -0.05) is 54.6 Å². The van der Waals surface area contributed by atoms with Crippen LogP contribution in [0.15, 0.2) is 54.6 Å². The molecular weight excluding hydrogens is 354 g/mol. The lowest BCUT2D eigenvalue weighted by molar-refractivity contribution is 0.241. The van der Waals surface area contributed by atoms with Gasteiger partial charge in [0.25, 0.3) is 0 Å². The number of nitrogens with zero attached hydrogens (tertiary/aromatic N) is 1. The van der Waals surface area contributed by atoms with E-state index in [1.54, 1.807) is 0 Å². The number of carbonyl (C=O) groups is 1. The average molecular weight is 384 g/mol. The number of amides is 2. The summed E-state index contributed by atoms with van der Waals surface area (Å²) in [4.78, 5) is 14.4. The van der Waals surface area contributed by atoms with Gasteiger partial charge in [0.05, 0.1) is 0 Å². The fourth-order valence-corrected chi connectivity index (χ4v) is 4.03. The Morgan fingerprint density at radius 3 is 2.33 bits per heavy atom. The van der Waals surface area contributed by atoms with Crippen LogP contribution < -0.4 is 10.6 Å². The number of carbonyl (C=O) groups excluding carboxylic acids is 1. The number of likely N-dealkylation sites (tertiary alicyclic amines) is 1. The second kappa shape index (κ2) is 11.0. The third-order valence-electron chi connectivity index (χ3n) is 4.72. The van der Waals surface area contributed by atoms with Crippen molar-refractivity contribution < 1.29 is 4.79 Å². The van der Waals surface area contributed by atoms with Crippen LogP contribution in [-0.2, 0) is 18.8 Å². The second-order valence-electron chi connectivity index (χ2n) is 6.95. The number of urea groups is 1. The molecule has 1 heterocycles. The lowest BCUT2D eigenvalue weighted by Crippen LogP contribution is -2.36. The Hall–Kier alpha value is -1.98. The first-order chi connectivity index (χ1) is 13.3. The van der Waals surface area contributed by atoms with Crippen molar-refractivity contribution in [3.8, 4) is 0 Å². The highest BCUT2D eigenvalue weighted by molar-refractivity contribution is 7.98. The molecule has 3 rings (SSSR count). The van der Waals surface area contributed by atoms with Crippen LogP contribution in [-0.4, -0.2) is 36.3 Å². The third kappa shape index (κ3) is 7.27. The normalized spacial score (nSPS) is 14.2. The van der Waals surface area contributed by atoms with E-state index in [1.807, 2.05) is 17.8 Å². The molecule has 0 bridgehead atoms. The van der Waals surface area contributed by atoms with Crippen LogP contribution in [0.1, 0.15) is 29.5 Å². The molecule has 2 amide bonds. The largest absolute Gasteiger partial charge is 0.337 e. The standard InChI is InChI=1S/C22H29N3OS/c26-22(23-12-15-27-18-21-6-2-1-3-7-21)24-16-19-8-10-20(11-9-19)17-25-13-4-5-14-25/h1-3,6-11H,4-5,12-18H2,(H2,23,24,26). The van der Waals surface area contributed by atoms with Gasteiger partial charge in [0.1, 0.15) is 0 Å². The Labute approximate surface area is 166 Å². The Kier molecular flexibility index (Phi) is 8.05. The minimum atomic E-state index is -0.101. The molecule has 1 aliphatic heterocycles. The molecule has 1 saturated heterocycles. The monoisotopic (exact) mass is 383 g/mol. The summed E-state index contributed by atoms with van der Waals surface area (Å²) in [6.45, 7) is 4.71. The first kappa shape index (κ1) is 19.8. The van der Waals surface area contributed by atoms with Crippen molar-refractivity contribution in [2.75, 3.05) is 25.4 Å². The van der Waals surface area contributed by atoms with Crippen molar-refractivity contribution in [3.05, 3.63) is 71.3 Å². The molecule has 0 aliphatic carbocycles. The van der Waals surface area contributed by atoms with E-state index in [0.29, 0.717) is 13.1 Å². The van der Waals surface area contributed by atoms with Crippen molar-refractivity contribution in [1.29, 1.82) is 0 Å². The number of rotatable bonds is 9.